The third kappa shape index (κ3) is 4.63. The Kier molecular flexibility index (Phi) is 6.01. The first-order valence-corrected chi connectivity index (χ1v) is 12.3. The summed E-state index contributed by atoms with van der Waals surface area (Å²) in [6, 6.07) is 19.0. The molecule has 0 fully saturated rings. The summed E-state index contributed by atoms with van der Waals surface area (Å²) in [6.45, 7) is 1.96. The van der Waals surface area contributed by atoms with Crippen LogP contribution in [-0.4, -0.2) is 31.1 Å². The molecule has 2 heterocycles. The van der Waals surface area contributed by atoms with Crippen LogP contribution in [0, 0.1) is 17.0 Å². The molecule has 11 heteroatoms. The minimum atomic E-state index is -0.474. The topological polar surface area (TPSA) is 120 Å². The molecule has 1 amide bonds. The second-order valence-electron chi connectivity index (χ2n) is 7.65. The van der Waals surface area contributed by atoms with Crippen LogP contribution >= 0.6 is 23.1 Å². The number of non-ortho nitro benzene ring substituents is 1. The molecule has 3 aromatic carbocycles. The van der Waals surface area contributed by atoms with Crippen molar-refractivity contribution in [2.75, 3.05) is 11.1 Å². The van der Waals surface area contributed by atoms with E-state index in [-0.39, 0.29) is 22.9 Å². The zero-order chi connectivity index (χ0) is 24.5. The van der Waals surface area contributed by atoms with E-state index in [4.69, 9.17) is 0 Å². The molecule has 0 aliphatic heterocycles. The van der Waals surface area contributed by atoms with Crippen LogP contribution in [0.3, 0.4) is 0 Å². The number of anilines is 1. The number of para-hydroxylation sites is 1. The van der Waals surface area contributed by atoms with Gasteiger partial charge in [0.15, 0.2) is 10.3 Å². The molecule has 0 aliphatic carbocycles. The summed E-state index contributed by atoms with van der Waals surface area (Å²) in [5.74, 6) is -0.339. The van der Waals surface area contributed by atoms with Crippen molar-refractivity contribution < 1.29 is 9.72 Å². The molecule has 0 atom stereocenters. The van der Waals surface area contributed by atoms with Crippen molar-refractivity contribution in [1.29, 1.82) is 0 Å². The summed E-state index contributed by atoms with van der Waals surface area (Å²) in [6.07, 6.45) is 0. The van der Waals surface area contributed by atoms with E-state index in [9.17, 15) is 19.7 Å². The highest BCUT2D eigenvalue weighted by atomic mass is 32.2. The van der Waals surface area contributed by atoms with Crippen molar-refractivity contribution in [3.63, 3.8) is 0 Å². The molecule has 0 radical (unpaired) electrons. The van der Waals surface area contributed by atoms with Crippen molar-refractivity contribution in [2.24, 2.45) is 0 Å². The van der Waals surface area contributed by atoms with Gasteiger partial charge in [0, 0.05) is 12.1 Å². The molecule has 0 bridgehead atoms. The molecular weight excluding hydrogens is 486 g/mol. The fourth-order valence-corrected chi connectivity index (χ4v) is 5.22. The van der Waals surface area contributed by atoms with E-state index in [0.717, 1.165) is 28.7 Å². The fourth-order valence-electron chi connectivity index (χ4n) is 3.50. The van der Waals surface area contributed by atoms with Crippen LogP contribution in [0.25, 0.3) is 26.8 Å². The number of nitrogens with one attached hydrogen (secondary N) is 1. The predicted molar refractivity (Wildman–Crippen MR) is 138 cm³/mol. The molecule has 5 rings (SSSR count). The van der Waals surface area contributed by atoms with E-state index in [0.29, 0.717) is 37.1 Å². The maximum atomic E-state index is 13.3. The highest BCUT2D eigenvalue weighted by molar-refractivity contribution is 7.99. The van der Waals surface area contributed by atoms with E-state index in [1.165, 1.54) is 16.7 Å². The van der Waals surface area contributed by atoms with Crippen molar-refractivity contribution >= 4 is 60.9 Å². The van der Waals surface area contributed by atoms with Gasteiger partial charge in [-0.05, 0) is 37.3 Å². The van der Waals surface area contributed by atoms with Crippen LogP contribution in [0.2, 0.25) is 0 Å². The van der Waals surface area contributed by atoms with Crippen LogP contribution in [0.5, 0.6) is 0 Å². The van der Waals surface area contributed by atoms with Gasteiger partial charge in [-0.1, -0.05) is 52.9 Å². The number of thioether (sulfide) groups is 1. The molecule has 0 aliphatic rings. The van der Waals surface area contributed by atoms with E-state index in [1.807, 2.05) is 37.3 Å². The first-order valence-electron chi connectivity index (χ1n) is 10.5. The summed E-state index contributed by atoms with van der Waals surface area (Å²) in [5.41, 5.74) is 2.59. The van der Waals surface area contributed by atoms with Gasteiger partial charge in [0.1, 0.15) is 0 Å². The van der Waals surface area contributed by atoms with E-state index in [1.54, 1.807) is 24.3 Å². The molecule has 0 unspecified atom stereocenters. The Balaban J connectivity index is 1.41. The lowest BCUT2D eigenvalue weighted by Crippen LogP contribution is -2.23. The number of hydrogen-bond donors (Lipinski definition) is 1. The quantitative estimate of drug-likeness (QED) is 0.151. The number of fused-ring (bicyclic) bond motifs is 2. The Morgan fingerprint density at radius 2 is 1.86 bits per heavy atom. The van der Waals surface area contributed by atoms with Gasteiger partial charge in [0.05, 0.1) is 37.5 Å². The summed E-state index contributed by atoms with van der Waals surface area (Å²) >= 11 is 2.30. The lowest BCUT2D eigenvalue weighted by Gasteiger charge is -2.13. The number of hydrogen-bond acceptors (Lipinski definition) is 8. The second-order valence-corrected chi connectivity index (χ2v) is 9.63. The number of nitrogens with zero attached hydrogens (tertiary/aromatic N) is 4. The Morgan fingerprint density at radius 1 is 1.09 bits per heavy atom. The van der Waals surface area contributed by atoms with Gasteiger partial charge in [-0.2, -0.15) is 0 Å². The van der Waals surface area contributed by atoms with Crippen molar-refractivity contribution in [2.45, 2.75) is 12.1 Å². The van der Waals surface area contributed by atoms with E-state index in [2.05, 4.69) is 15.3 Å². The number of nitro benzene ring substituents is 1. The fraction of sp³-hybridized carbons (Fsp3) is 0.0833. The van der Waals surface area contributed by atoms with Crippen LogP contribution < -0.4 is 10.9 Å². The Bertz CT molecular complexity index is 1660. The van der Waals surface area contributed by atoms with Crippen LogP contribution in [0.1, 0.15) is 5.56 Å². The SMILES string of the molecule is Cc1ccc(-n2c(SCC(=O)Nc3nc4ccc([N+](=O)[O-])cc4s3)nc3ccccc3c2=O)cc1. The maximum Gasteiger partial charge on any atom is 0.270 e. The smallest absolute Gasteiger partial charge is 0.270 e. The average molecular weight is 504 g/mol. The minimum Gasteiger partial charge on any atom is -0.301 e. The molecule has 0 saturated heterocycles. The number of aromatic nitrogens is 3. The lowest BCUT2D eigenvalue weighted by molar-refractivity contribution is -0.384. The molecule has 5 aromatic rings. The molecule has 1 N–H and O–H groups in total. The third-order valence-corrected chi connectivity index (χ3v) is 7.07. The Morgan fingerprint density at radius 3 is 2.63 bits per heavy atom. The summed E-state index contributed by atoms with van der Waals surface area (Å²) in [4.78, 5) is 45.5. The molecule has 174 valence electrons. The van der Waals surface area contributed by atoms with Crippen LogP contribution in [0.4, 0.5) is 10.8 Å². The molecule has 2 aromatic heterocycles. The monoisotopic (exact) mass is 503 g/mol. The van der Waals surface area contributed by atoms with Gasteiger partial charge in [0.2, 0.25) is 5.91 Å². The number of benzene rings is 3. The second kappa shape index (κ2) is 9.28. The standard InChI is InChI=1S/C24H17N5O4S2/c1-14-6-8-15(9-7-14)28-22(31)17-4-2-3-5-18(17)26-24(28)34-13-21(30)27-23-25-19-11-10-16(29(32)33)12-20(19)35-23/h2-12H,13H2,1H3,(H,25,27,30). The van der Waals surface area contributed by atoms with Crippen LogP contribution in [-0.2, 0) is 4.79 Å². The van der Waals surface area contributed by atoms with Crippen molar-refractivity contribution in [3.05, 3.63) is 92.8 Å². The number of amides is 1. The molecule has 0 saturated carbocycles. The zero-order valence-electron chi connectivity index (χ0n) is 18.3. The Hall–Kier alpha value is -4.09. The van der Waals surface area contributed by atoms with Crippen molar-refractivity contribution in [3.8, 4) is 5.69 Å². The number of rotatable bonds is 6. The molecule has 35 heavy (non-hydrogen) atoms. The van der Waals surface area contributed by atoms with Gasteiger partial charge in [0.25, 0.3) is 11.2 Å². The minimum absolute atomic E-state index is 0.00723. The van der Waals surface area contributed by atoms with Gasteiger partial charge >= 0.3 is 0 Å². The van der Waals surface area contributed by atoms with Gasteiger partial charge < -0.3 is 5.32 Å². The summed E-state index contributed by atoms with van der Waals surface area (Å²) < 4.78 is 2.11. The highest BCUT2D eigenvalue weighted by Crippen LogP contribution is 2.29. The summed E-state index contributed by atoms with van der Waals surface area (Å²) in [7, 11) is 0. The number of carbonyl (C=O) groups excluding carboxylic acids is 1. The first-order chi connectivity index (χ1) is 16.9. The Labute approximate surface area is 206 Å². The highest BCUT2D eigenvalue weighted by Gasteiger charge is 2.16. The van der Waals surface area contributed by atoms with Crippen LogP contribution in [0.15, 0.2) is 76.7 Å². The van der Waals surface area contributed by atoms with E-state index >= 15 is 0 Å². The van der Waals surface area contributed by atoms with Gasteiger partial charge in [-0.25, -0.2) is 9.97 Å². The largest absolute Gasteiger partial charge is 0.301 e. The third-order valence-electron chi connectivity index (χ3n) is 5.20. The first kappa shape index (κ1) is 22.7. The van der Waals surface area contributed by atoms with Crippen molar-refractivity contribution in [1.82, 2.24) is 14.5 Å². The predicted octanol–water partition coefficient (Wildman–Crippen LogP) is 4.94. The van der Waals surface area contributed by atoms with Gasteiger partial charge in [-0.3, -0.25) is 24.3 Å². The number of thiazole rings is 1. The van der Waals surface area contributed by atoms with E-state index < -0.39 is 4.92 Å². The zero-order valence-corrected chi connectivity index (χ0v) is 19.9. The summed E-state index contributed by atoms with van der Waals surface area (Å²) in [5, 5.41) is 14.9. The number of aryl methyl sites for hydroxylation is 1. The lowest BCUT2D eigenvalue weighted by atomic mass is 10.2. The molecule has 0 spiro atoms. The average Bonchev–Trinajstić information content (AvgIpc) is 3.25. The normalized spacial score (nSPS) is 11.1. The molecule has 9 nitrogen and oxygen atoms in total. The molecular formula is C24H17N5O4S2. The number of carbonyl (C=O) groups is 1. The maximum absolute atomic E-state index is 13.3. The number of nitro groups is 1. The van der Waals surface area contributed by atoms with Gasteiger partial charge in [-0.15, -0.1) is 0 Å².